The van der Waals surface area contributed by atoms with Crippen molar-refractivity contribution in [2.24, 2.45) is 5.92 Å². The minimum atomic E-state index is 0.675. The van der Waals surface area contributed by atoms with Gasteiger partial charge in [-0.15, -0.1) is 0 Å². The van der Waals surface area contributed by atoms with E-state index in [2.05, 4.69) is 38.1 Å². The Balaban J connectivity index is 0.000000956. The Morgan fingerprint density at radius 1 is 1.00 bits per heavy atom. The van der Waals surface area contributed by atoms with Gasteiger partial charge in [-0.1, -0.05) is 56.3 Å². The summed E-state index contributed by atoms with van der Waals surface area (Å²) >= 11 is 0. The van der Waals surface area contributed by atoms with Gasteiger partial charge in [-0.25, -0.2) is 0 Å². The van der Waals surface area contributed by atoms with Gasteiger partial charge in [0, 0.05) is 12.7 Å². The fourth-order valence-corrected chi connectivity index (χ4v) is 2.10. The van der Waals surface area contributed by atoms with Crippen molar-refractivity contribution in [1.29, 1.82) is 0 Å². The second-order valence-corrected chi connectivity index (χ2v) is 5.04. The highest BCUT2D eigenvalue weighted by atomic mass is 16.2. The summed E-state index contributed by atoms with van der Waals surface area (Å²) in [5.41, 5.74) is 4.33. The molecule has 0 aliphatic carbocycles. The van der Waals surface area contributed by atoms with Crippen molar-refractivity contribution < 1.29 is 9.90 Å². The molecule has 2 aromatic carbocycles. The summed E-state index contributed by atoms with van der Waals surface area (Å²) in [6, 6.07) is 16.3. The van der Waals surface area contributed by atoms with Gasteiger partial charge in [0.25, 0.3) is 0 Å². The van der Waals surface area contributed by atoms with Crippen LogP contribution in [-0.2, 0) is 6.42 Å². The zero-order valence-corrected chi connectivity index (χ0v) is 12.3. The maximum absolute atomic E-state index is 10.8. The number of hydrogen-bond acceptors (Lipinski definition) is 2. The fourth-order valence-electron chi connectivity index (χ4n) is 2.10. The predicted octanol–water partition coefficient (Wildman–Crippen LogP) is 3.97. The molecule has 0 aliphatic rings. The Morgan fingerprint density at radius 3 is 2.20 bits per heavy atom. The van der Waals surface area contributed by atoms with E-state index in [1.807, 2.05) is 24.3 Å². The maximum Gasteiger partial charge on any atom is 0.150 e. The molecule has 0 heterocycles. The lowest BCUT2D eigenvalue weighted by molar-refractivity contribution is 0.112. The van der Waals surface area contributed by atoms with E-state index >= 15 is 0 Å². The van der Waals surface area contributed by atoms with Crippen LogP contribution in [0.5, 0.6) is 0 Å². The van der Waals surface area contributed by atoms with Crippen molar-refractivity contribution in [3.05, 3.63) is 59.7 Å². The van der Waals surface area contributed by atoms with Gasteiger partial charge < -0.3 is 5.11 Å². The molecule has 0 aliphatic heterocycles. The molecule has 20 heavy (non-hydrogen) atoms. The minimum absolute atomic E-state index is 0.675. The molecule has 0 amide bonds. The van der Waals surface area contributed by atoms with E-state index in [1.165, 1.54) is 5.56 Å². The van der Waals surface area contributed by atoms with Crippen molar-refractivity contribution in [2.45, 2.75) is 20.3 Å². The summed E-state index contributed by atoms with van der Waals surface area (Å²) in [6.45, 7) is 4.45. The number of aliphatic hydroxyl groups is 1. The van der Waals surface area contributed by atoms with Gasteiger partial charge in [-0.2, -0.15) is 0 Å². The first kappa shape index (κ1) is 16.1. The van der Waals surface area contributed by atoms with Crippen LogP contribution in [0.15, 0.2) is 48.5 Å². The van der Waals surface area contributed by atoms with Crippen LogP contribution in [0.25, 0.3) is 11.1 Å². The van der Waals surface area contributed by atoms with Crippen LogP contribution in [0.4, 0.5) is 0 Å². The lowest BCUT2D eigenvalue weighted by Crippen LogP contribution is -1.93. The summed E-state index contributed by atoms with van der Waals surface area (Å²) in [5, 5.41) is 7.00. The van der Waals surface area contributed by atoms with E-state index in [9.17, 15) is 4.79 Å². The van der Waals surface area contributed by atoms with E-state index in [4.69, 9.17) is 5.11 Å². The Bertz CT molecular complexity index is 527. The molecule has 0 spiro atoms. The summed E-state index contributed by atoms with van der Waals surface area (Å²) in [4.78, 5) is 10.8. The number of benzene rings is 2. The van der Waals surface area contributed by atoms with Gasteiger partial charge in [0.2, 0.25) is 0 Å². The van der Waals surface area contributed by atoms with Gasteiger partial charge in [0.15, 0.2) is 0 Å². The first-order valence-electron chi connectivity index (χ1n) is 6.78. The lowest BCUT2D eigenvalue weighted by atomic mass is 9.98. The van der Waals surface area contributed by atoms with Gasteiger partial charge in [-0.3, -0.25) is 4.79 Å². The monoisotopic (exact) mass is 270 g/mol. The molecule has 0 saturated heterocycles. The molecule has 1 N–H and O–H groups in total. The third-order valence-corrected chi connectivity index (χ3v) is 2.95. The molecule has 0 radical (unpaired) electrons. The standard InChI is InChI=1S/C17H18O.CH4O/c1-13(2)10-14-6-8-16(9-7-14)17-5-3-4-15(11-17)12-18;1-2/h3-9,11-13H,10H2,1-2H3;2H,1H3. The molecule has 106 valence electrons. The van der Waals surface area contributed by atoms with Crippen LogP contribution in [0, 0.1) is 5.92 Å². The molecule has 0 unspecified atom stereocenters. The van der Waals surface area contributed by atoms with Gasteiger partial charge in [0.1, 0.15) is 6.29 Å². The Morgan fingerprint density at radius 2 is 1.65 bits per heavy atom. The van der Waals surface area contributed by atoms with E-state index in [-0.39, 0.29) is 0 Å². The van der Waals surface area contributed by atoms with Crippen molar-refractivity contribution >= 4 is 6.29 Å². The lowest BCUT2D eigenvalue weighted by Gasteiger charge is -2.07. The van der Waals surface area contributed by atoms with E-state index in [1.54, 1.807) is 0 Å². The smallest absolute Gasteiger partial charge is 0.150 e. The third-order valence-electron chi connectivity index (χ3n) is 2.95. The zero-order chi connectivity index (χ0) is 15.0. The van der Waals surface area contributed by atoms with Gasteiger partial charge in [-0.05, 0) is 35.1 Å². The second kappa shape index (κ2) is 8.28. The average molecular weight is 270 g/mol. The molecule has 2 heteroatoms. The number of aldehydes is 1. The fraction of sp³-hybridized carbons (Fsp3) is 0.278. The van der Waals surface area contributed by atoms with E-state index in [0.717, 1.165) is 36.5 Å². The van der Waals surface area contributed by atoms with Crippen LogP contribution >= 0.6 is 0 Å². The summed E-state index contributed by atoms with van der Waals surface area (Å²) < 4.78 is 0. The molecular weight excluding hydrogens is 248 g/mol. The SMILES string of the molecule is CC(C)Cc1ccc(-c2cccc(C=O)c2)cc1.CO. The van der Waals surface area contributed by atoms with Crippen LogP contribution in [0.3, 0.4) is 0 Å². The average Bonchev–Trinajstić information content (AvgIpc) is 2.49. The predicted molar refractivity (Wildman–Crippen MR) is 84.0 cm³/mol. The summed E-state index contributed by atoms with van der Waals surface area (Å²) in [7, 11) is 1.00. The largest absolute Gasteiger partial charge is 0.400 e. The second-order valence-electron chi connectivity index (χ2n) is 5.04. The zero-order valence-electron chi connectivity index (χ0n) is 12.3. The molecule has 2 rings (SSSR count). The first-order valence-corrected chi connectivity index (χ1v) is 6.78. The highest BCUT2D eigenvalue weighted by Crippen LogP contribution is 2.21. The van der Waals surface area contributed by atoms with Crippen molar-refractivity contribution in [2.75, 3.05) is 7.11 Å². The molecule has 0 aromatic heterocycles. The van der Waals surface area contributed by atoms with E-state index < -0.39 is 0 Å². The van der Waals surface area contributed by atoms with Gasteiger partial charge >= 0.3 is 0 Å². The van der Waals surface area contributed by atoms with E-state index in [0.29, 0.717) is 5.92 Å². The summed E-state index contributed by atoms with van der Waals surface area (Å²) in [5.74, 6) is 0.675. The Labute approximate surface area is 121 Å². The van der Waals surface area contributed by atoms with Crippen LogP contribution < -0.4 is 0 Å². The molecule has 2 nitrogen and oxygen atoms in total. The molecule has 0 saturated carbocycles. The highest BCUT2D eigenvalue weighted by Gasteiger charge is 2.01. The van der Waals surface area contributed by atoms with Crippen LogP contribution in [-0.4, -0.2) is 18.5 Å². The first-order chi connectivity index (χ1) is 9.69. The maximum atomic E-state index is 10.8. The quantitative estimate of drug-likeness (QED) is 0.853. The Hall–Kier alpha value is -1.93. The molecule has 0 bridgehead atoms. The van der Waals surface area contributed by atoms with Crippen molar-refractivity contribution in [3.63, 3.8) is 0 Å². The van der Waals surface area contributed by atoms with Gasteiger partial charge in [0.05, 0.1) is 0 Å². The topological polar surface area (TPSA) is 37.3 Å². The highest BCUT2D eigenvalue weighted by molar-refractivity contribution is 5.78. The van der Waals surface area contributed by atoms with Crippen LogP contribution in [0.2, 0.25) is 0 Å². The number of aliphatic hydroxyl groups excluding tert-OH is 1. The molecular formula is C18H22O2. The van der Waals surface area contributed by atoms with Crippen molar-refractivity contribution in [1.82, 2.24) is 0 Å². The van der Waals surface area contributed by atoms with Crippen molar-refractivity contribution in [3.8, 4) is 11.1 Å². The Kier molecular flexibility index (Phi) is 6.68. The molecule has 0 fully saturated rings. The number of hydrogen-bond donors (Lipinski definition) is 1. The third kappa shape index (κ3) is 4.63. The summed E-state index contributed by atoms with van der Waals surface area (Å²) in [6.07, 6.45) is 1.99. The normalized spacial score (nSPS) is 9.85. The number of carbonyl (C=O) groups excluding carboxylic acids is 1. The molecule has 2 aromatic rings. The molecule has 0 atom stereocenters. The number of carbonyl (C=O) groups is 1. The van der Waals surface area contributed by atoms with Crippen LogP contribution in [0.1, 0.15) is 29.8 Å². The minimum Gasteiger partial charge on any atom is -0.400 e. The number of rotatable bonds is 4.